The molecule has 150 valence electrons. The van der Waals surface area contributed by atoms with Crippen molar-refractivity contribution in [2.24, 2.45) is 0 Å². The van der Waals surface area contributed by atoms with Gasteiger partial charge in [-0.1, -0.05) is 29.8 Å². The maximum atomic E-state index is 12.8. The maximum absolute atomic E-state index is 12.8. The summed E-state index contributed by atoms with van der Waals surface area (Å²) in [6, 6.07) is 13.2. The van der Waals surface area contributed by atoms with Crippen molar-refractivity contribution < 1.29 is 18.0 Å². The number of rotatable bonds is 3. The zero-order valence-corrected chi connectivity index (χ0v) is 16.3. The number of piperidine rings is 1. The van der Waals surface area contributed by atoms with Gasteiger partial charge in [0, 0.05) is 32.2 Å². The van der Waals surface area contributed by atoms with Gasteiger partial charge >= 0.3 is 6.18 Å². The third-order valence-corrected chi connectivity index (χ3v) is 5.38. The number of nitrogens with zero attached hydrogens (tertiary/aromatic N) is 2. The Bertz CT molecular complexity index is 813. The smallest absolute Gasteiger partial charge is 0.359 e. The summed E-state index contributed by atoms with van der Waals surface area (Å²) >= 11 is 0. The second-order valence-corrected chi connectivity index (χ2v) is 7.63. The Balaban J connectivity index is 1.87. The van der Waals surface area contributed by atoms with Gasteiger partial charge in [-0.25, -0.2) is 0 Å². The van der Waals surface area contributed by atoms with Gasteiger partial charge in [0.2, 0.25) is 5.91 Å². The molecule has 0 radical (unpaired) electrons. The van der Waals surface area contributed by atoms with Crippen LogP contribution in [0, 0.1) is 6.92 Å². The molecule has 0 bridgehead atoms. The van der Waals surface area contributed by atoms with Crippen molar-refractivity contribution in [3.05, 3.63) is 65.2 Å². The number of anilines is 1. The molecule has 2 atom stereocenters. The highest BCUT2D eigenvalue weighted by molar-refractivity contribution is 5.85. The van der Waals surface area contributed by atoms with Crippen LogP contribution in [0.25, 0.3) is 0 Å². The molecule has 1 aliphatic heterocycles. The number of benzene rings is 2. The highest BCUT2D eigenvalue weighted by Gasteiger charge is 2.35. The predicted molar refractivity (Wildman–Crippen MR) is 104 cm³/mol. The van der Waals surface area contributed by atoms with Gasteiger partial charge in [-0.3, -0.25) is 4.79 Å². The van der Waals surface area contributed by atoms with Gasteiger partial charge in [-0.15, -0.1) is 0 Å². The lowest BCUT2D eigenvalue weighted by Crippen LogP contribution is -2.51. The van der Waals surface area contributed by atoms with E-state index in [1.54, 1.807) is 31.1 Å². The Kier molecular flexibility index (Phi) is 5.68. The van der Waals surface area contributed by atoms with Crippen molar-refractivity contribution in [3.8, 4) is 0 Å². The second-order valence-electron chi connectivity index (χ2n) is 7.63. The van der Waals surface area contributed by atoms with Crippen molar-refractivity contribution >= 4 is 11.6 Å². The number of aryl methyl sites for hydroxylation is 1. The summed E-state index contributed by atoms with van der Waals surface area (Å²) in [5, 5.41) is 0. The summed E-state index contributed by atoms with van der Waals surface area (Å²) in [5.41, 5.74) is 2.34. The number of alkyl halides is 3. The molecular formula is C22H25F3N2O. The number of hydrogen-bond acceptors (Lipinski definition) is 2. The van der Waals surface area contributed by atoms with Crippen molar-refractivity contribution in [1.82, 2.24) is 4.90 Å². The fraction of sp³-hybridized carbons (Fsp3) is 0.409. The number of hydrogen-bond donors (Lipinski definition) is 0. The quantitative estimate of drug-likeness (QED) is 0.748. The van der Waals surface area contributed by atoms with E-state index < -0.39 is 11.7 Å². The van der Waals surface area contributed by atoms with Crippen LogP contribution >= 0.6 is 0 Å². The van der Waals surface area contributed by atoms with E-state index >= 15 is 0 Å². The number of likely N-dealkylation sites (N-methyl/N-ethyl adjacent to an activating group) is 1. The zero-order valence-electron chi connectivity index (χ0n) is 16.3. The van der Waals surface area contributed by atoms with E-state index in [0.29, 0.717) is 13.0 Å². The molecule has 1 heterocycles. The van der Waals surface area contributed by atoms with Gasteiger partial charge in [0.05, 0.1) is 5.56 Å². The number of carbonyl (C=O) groups excluding carboxylic acids is 1. The van der Waals surface area contributed by atoms with Crippen LogP contribution in [-0.2, 0) is 11.0 Å². The molecule has 6 heteroatoms. The Morgan fingerprint density at radius 2 is 1.61 bits per heavy atom. The maximum Gasteiger partial charge on any atom is 0.416 e. The molecule has 1 unspecified atom stereocenters. The third kappa shape index (κ3) is 4.32. The summed E-state index contributed by atoms with van der Waals surface area (Å²) < 4.78 is 38.5. The average Bonchev–Trinajstić information content (AvgIpc) is 2.67. The lowest BCUT2D eigenvalue weighted by Gasteiger charge is -2.41. The highest BCUT2D eigenvalue weighted by Crippen LogP contribution is 2.36. The van der Waals surface area contributed by atoms with E-state index in [-0.39, 0.29) is 17.9 Å². The summed E-state index contributed by atoms with van der Waals surface area (Å²) in [4.78, 5) is 16.4. The minimum Gasteiger partial charge on any atom is -0.359 e. The summed E-state index contributed by atoms with van der Waals surface area (Å²) in [6.07, 6.45) is -2.91. The Morgan fingerprint density at radius 1 is 1.00 bits per heavy atom. The Labute approximate surface area is 163 Å². The summed E-state index contributed by atoms with van der Waals surface area (Å²) in [5.74, 6) is 0.126. The molecule has 1 aliphatic rings. The largest absolute Gasteiger partial charge is 0.416 e. The van der Waals surface area contributed by atoms with Crippen LogP contribution in [0.2, 0.25) is 0 Å². The Morgan fingerprint density at radius 3 is 2.14 bits per heavy atom. The molecule has 28 heavy (non-hydrogen) atoms. The molecule has 0 spiro atoms. The van der Waals surface area contributed by atoms with Gasteiger partial charge in [0.25, 0.3) is 0 Å². The lowest BCUT2D eigenvalue weighted by molar-refractivity contribution is -0.137. The number of halogens is 3. The van der Waals surface area contributed by atoms with E-state index in [0.717, 1.165) is 35.4 Å². The molecule has 2 aromatic rings. The summed E-state index contributed by atoms with van der Waals surface area (Å²) in [6.45, 7) is 2.60. The normalized spacial score (nSPS) is 20.1. The van der Waals surface area contributed by atoms with Gasteiger partial charge in [0.1, 0.15) is 6.04 Å². The summed E-state index contributed by atoms with van der Waals surface area (Å²) in [7, 11) is 3.50. The molecule has 0 N–H and O–H groups in total. The molecular weight excluding hydrogens is 365 g/mol. The van der Waals surface area contributed by atoms with Crippen molar-refractivity contribution in [3.63, 3.8) is 0 Å². The SMILES string of the molecule is Cc1ccc(N2CC(c3ccc(C(F)(F)F)cc3)CC[C@H]2C(=O)N(C)C)cc1. The van der Waals surface area contributed by atoms with Crippen LogP contribution in [0.3, 0.4) is 0 Å². The predicted octanol–water partition coefficient (Wildman–Crippen LogP) is 4.85. The molecule has 0 aliphatic carbocycles. The van der Waals surface area contributed by atoms with Gasteiger partial charge < -0.3 is 9.80 Å². The van der Waals surface area contributed by atoms with E-state index in [2.05, 4.69) is 4.90 Å². The minimum absolute atomic E-state index is 0.0476. The van der Waals surface area contributed by atoms with E-state index in [4.69, 9.17) is 0 Å². The van der Waals surface area contributed by atoms with E-state index in [1.807, 2.05) is 31.2 Å². The monoisotopic (exact) mass is 390 g/mol. The van der Waals surface area contributed by atoms with Crippen molar-refractivity contribution in [2.75, 3.05) is 25.5 Å². The average molecular weight is 390 g/mol. The third-order valence-electron chi connectivity index (χ3n) is 5.38. The van der Waals surface area contributed by atoms with Crippen LogP contribution in [-0.4, -0.2) is 37.5 Å². The number of carbonyl (C=O) groups is 1. The first kappa shape index (κ1) is 20.2. The lowest BCUT2D eigenvalue weighted by atomic mass is 9.86. The molecule has 3 nitrogen and oxygen atoms in total. The van der Waals surface area contributed by atoms with Gasteiger partial charge in [0.15, 0.2) is 0 Å². The first-order valence-electron chi connectivity index (χ1n) is 9.38. The van der Waals surface area contributed by atoms with Gasteiger partial charge in [-0.2, -0.15) is 13.2 Å². The van der Waals surface area contributed by atoms with Crippen LogP contribution in [0.4, 0.5) is 18.9 Å². The van der Waals surface area contributed by atoms with E-state index in [9.17, 15) is 18.0 Å². The standard InChI is InChI=1S/C22H25F3N2O/c1-15-4-11-19(12-5-15)27-14-17(8-13-20(27)21(28)26(2)3)16-6-9-18(10-7-16)22(23,24)25/h4-7,9-12,17,20H,8,13-14H2,1-3H3/t17?,20-/m0/s1. The van der Waals surface area contributed by atoms with Crippen LogP contribution in [0.1, 0.15) is 35.4 Å². The first-order chi connectivity index (χ1) is 13.2. The van der Waals surface area contributed by atoms with Crippen LogP contribution in [0.15, 0.2) is 48.5 Å². The molecule has 0 saturated carbocycles. The second kappa shape index (κ2) is 7.86. The van der Waals surface area contributed by atoms with Crippen LogP contribution < -0.4 is 4.90 Å². The van der Waals surface area contributed by atoms with Crippen LogP contribution in [0.5, 0.6) is 0 Å². The number of amides is 1. The minimum atomic E-state index is -4.33. The van der Waals surface area contributed by atoms with E-state index in [1.165, 1.54) is 0 Å². The molecule has 1 amide bonds. The molecule has 2 aromatic carbocycles. The topological polar surface area (TPSA) is 23.6 Å². The fourth-order valence-electron chi connectivity index (χ4n) is 3.76. The fourth-order valence-corrected chi connectivity index (χ4v) is 3.76. The van der Waals surface area contributed by atoms with Crippen molar-refractivity contribution in [1.29, 1.82) is 0 Å². The highest BCUT2D eigenvalue weighted by atomic mass is 19.4. The van der Waals surface area contributed by atoms with Crippen molar-refractivity contribution in [2.45, 2.75) is 37.9 Å². The molecule has 3 rings (SSSR count). The zero-order chi connectivity index (χ0) is 20.5. The molecule has 1 saturated heterocycles. The first-order valence-corrected chi connectivity index (χ1v) is 9.38. The Hall–Kier alpha value is -2.50. The molecule has 1 fully saturated rings. The van der Waals surface area contributed by atoms with Gasteiger partial charge in [-0.05, 0) is 49.6 Å². The molecule has 0 aromatic heterocycles.